The molecular formula is C29H29N3O4. The van der Waals surface area contributed by atoms with E-state index in [1.807, 2.05) is 42.5 Å². The number of rotatable bonds is 6. The number of nitrogens with one attached hydrogen (secondary N) is 2. The first-order valence-corrected chi connectivity index (χ1v) is 12.1. The summed E-state index contributed by atoms with van der Waals surface area (Å²) >= 11 is 0. The molecule has 2 heterocycles. The molecule has 3 aromatic rings. The van der Waals surface area contributed by atoms with Crippen LogP contribution in [0.1, 0.15) is 39.9 Å². The van der Waals surface area contributed by atoms with E-state index in [9.17, 15) is 14.7 Å². The Kier molecular flexibility index (Phi) is 6.84. The van der Waals surface area contributed by atoms with Crippen LogP contribution < -0.4 is 10.6 Å². The lowest BCUT2D eigenvalue weighted by molar-refractivity contribution is -0.110. The molecule has 0 unspecified atom stereocenters. The zero-order valence-electron chi connectivity index (χ0n) is 20.2. The van der Waals surface area contributed by atoms with Crippen molar-refractivity contribution in [2.24, 2.45) is 0 Å². The standard InChI is InChI=1S/C29H29N3O4/c1-36-29(35)21-9-12-24-25(17-21)31-28(34)26(24)27(20-5-3-2-4-6-20)30-22-10-7-19(8-11-22)18-32-15-13-23(33)14-16-32/h2-12,17,23,30,33H,13-16,18H2,1H3,(H,31,34)/b27-26-. The minimum Gasteiger partial charge on any atom is -0.465 e. The van der Waals surface area contributed by atoms with Gasteiger partial charge in [-0.3, -0.25) is 9.69 Å². The number of anilines is 2. The SMILES string of the molecule is COC(=O)c1ccc2c(c1)NC(=O)/C2=C(\Nc1ccc(CN2CCC(O)CC2)cc1)c1ccccc1. The molecule has 3 N–H and O–H groups in total. The van der Waals surface area contributed by atoms with Gasteiger partial charge in [-0.25, -0.2) is 4.79 Å². The van der Waals surface area contributed by atoms with Gasteiger partial charge >= 0.3 is 5.97 Å². The van der Waals surface area contributed by atoms with Gasteiger partial charge in [-0.15, -0.1) is 0 Å². The largest absolute Gasteiger partial charge is 0.465 e. The highest BCUT2D eigenvalue weighted by molar-refractivity contribution is 6.37. The average molecular weight is 484 g/mol. The van der Waals surface area contributed by atoms with E-state index in [0.717, 1.165) is 49.3 Å². The maximum Gasteiger partial charge on any atom is 0.337 e. The van der Waals surface area contributed by atoms with Crippen LogP contribution in [0.3, 0.4) is 0 Å². The number of methoxy groups -OCH3 is 1. The second kappa shape index (κ2) is 10.4. The van der Waals surface area contributed by atoms with Gasteiger partial charge in [0.2, 0.25) is 0 Å². The molecule has 7 heteroatoms. The molecule has 0 aliphatic carbocycles. The molecule has 36 heavy (non-hydrogen) atoms. The third kappa shape index (κ3) is 5.03. The Morgan fingerprint density at radius 3 is 2.44 bits per heavy atom. The number of amides is 1. The Morgan fingerprint density at radius 1 is 1.03 bits per heavy atom. The fourth-order valence-corrected chi connectivity index (χ4v) is 4.72. The minimum absolute atomic E-state index is 0.178. The van der Waals surface area contributed by atoms with Crippen LogP contribution in [0.2, 0.25) is 0 Å². The first kappa shape index (κ1) is 23.8. The van der Waals surface area contributed by atoms with E-state index in [0.29, 0.717) is 22.5 Å². The van der Waals surface area contributed by atoms with E-state index in [1.54, 1.807) is 18.2 Å². The maximum atomic E-state index is 13.1. The van der Waals surface area contributed by atoms with Crippen LogP contribution in [-0.4, -0.2) is 48.2 Å². The highest BCUT2D eigenvalue weighted by atomic mass is 16.5. The number of aliphatic hydroxyl groups excluding tert-OH is 1. The number of piperidine rings is 1. The van der Waals surface area contributed by atoms with Crippen LogP contribution in [0, 0.1) is 0 Å². The summed E-state index contributed by atoms with van der Waals surface area (Å²) in [6.45, 7) is 2.65. The van der Waals surface area contributed by atoms with Gasteiger partial charge in [-0.1, -0.05) is 48.5 Å². The van der Waals surface area contributed by atoms with Crippen molar-refractivity contribution in [3.63, 3.8) is 0 Å². The molecule has 1 saturated heterocycles. The van der Waals surface area contributed by atoms with Crippen LogP contribution in [-0.2, 0) is 16.1 Å². The van der Waals surface area contributed by atoms with Crippen molar-refractivity contribution in [2.75, 3.05) is 30.8 Å². The Bertz CT molecular complexity index is 1290. The molecule has 0 saturated carbocycles. The predicted octanol–water partition coefficient (Wildman–Crippen LogP) is 4.36. The van der Waals surface area contributed by atoms with E-state index in [2.05, 4.69) is 27.7 Å². The predicted molar refractivity (Wildman–Crippen MR) is 140 cm³/mol. The first-order valence-electron chi connectivity index (χ1n) is 12.1. The molecule has 0 aromatic heterocycles. The average Bonchev–Trinajstić information content (AvgIpc) is 3.24. The summed E-state index contributed by atoms with van der Waals surface area (Å²) in [5.74, 6) is -0.686. The highest BCUT2D eigenvalue weighted by Crippen LogP contribution is 2.38. The molecule has 3 aromatic carbocycles. The molecule has 1 fully saturated rings. The molecule has 2 aliphatic rings. The van der Waals surface area contributed by atoms with E-state index < -0.39 is 5.97 Å². The lowest BCUT2D eigenvalue weighted by Crippen LogP contribution is -2.35. The van der Waals surface area contributed by atoms with Crippen molar-refractivity contribution >= 4 is 34.5 Å². The number of ether oxygens (including phenoxy) is 1. The van der Waals surface area contributed by atoms with Gasteiger partial charge in [0.25, 0.3) is 5.91 Å². The minimum atomic E-state index is -0.452. The zero-order valence-corrected chi connectivity index (χ0v) is 20.2. The Hall–Kier alpha value is -3.94. The summed E-state index contributed by atoms with van der Waals surface area (Å²) in [6.07, 6.45) is 1.46. The van der Waals surface area contributed by atoms with E-state index in [4.69, 9.17) is 4.74 Å². The molecule has 0 radical (unpaired) electrons. The number of aliphatic hydroxyl groups is 1. The third-order valence-electron chi connectivity index (χ3n) is 6.68. The lowest BCUT2D eigenvalue weighted by atomic mass is 9.99. The molecule has 184 valence electrons. The van der Waals surface area contributed by atoms with Gasteiger partial charge in [0.1, 0.15) is 0 Å². The monoisotopic (exact) mass is 483 g/mol. The first-order chi connectivity index (χ1) is 17.5. The van der Waals surface area contributed by atoms with Crippen molar-refractivity contribution in [3.8, 4) is 0 Å². The fourth-order valence-electron chi connectivity index (χ4n) is 4.72. The van der Waals surface area contributed by atoms with Crippen molar-refractivity contribution in [1.29, 1.82) is 0 Å². The maximum absolute atomic E-state index is 13.1. The van der Waals surface area contributed by atoms with Crippen molar-refractivity contribution in [2.45, 2.75) is 25.5 Å². The zero-order chi connectivity index (χ0) is 25.1. The van der Waals surface area contributed by atoms with E-state index in [-0.39, 0.29) is 12.0 Å². The number of esters is 1. The molecule has 2 aliphatic heterocycles. The molecular weight excluding hydrogens is 454 g/mol. The number of carbonyl (C=O) groups excluding carboxylic acids is 2. The van der Waals surface area contributed by atoms with E-state index in [1.165, 1.54) is 12.7 Å². The smallest absolute Gasteiger partial charge is 0.337 e. The Balaban J connectivity index is 1.45. The van der Waals surface area contributed by atoms with Crippen molar-refractivity contribution in [1.82, 2.24) is 4.90 Å². The van der Waals surface area contributed by atoms with Crippen LogP contribution >= 0.6 is 0 Å². The number of hydrogen-bond acceptors (Lipinski definition) is 6. The van der Waals surface area contributed by atoms with Crippen LogP contribution in [0.15, 0.2) is 72.8 Å². The molecule has 0 atom stereocenters. The number of nitrogens with zero attached hydrogens (tertiary/aromatic N) is 1. The van der Waals surface area contributed by atoms with Gasteiger partial charge in [0, 0.05) is 30.9 Å². The number of carbonyl (C=O) groups is 2. The van der Waals surface area contributed by atoms with Gasteiger partial charge < -0.3 is 20.5 Å². The number of fused-ring (bicyclic) bond motifs is 1. The second-order valence-corrected chi connectivity index (χ2v) is 9.15. The summed E-state index contributed by atoms with van der Waals surface area (Å²) in [4.78, 5) is 27.5. The summed E-state index contributed by atoms with van der Waals surface area (Å²) in [7, 11) is 1.33. The van der Waals surface area contributed by atoms with E-state index >= 15 is 0 Å². The second-order valence-electron chi connectivity index (χ2n) is 9.15. The topological polar surface area (TPSA) is 90.9 Å². The van der Waals surface area contributed by atoms with Gasteiger partial charge in [0.15, 0.2) is 0 Å². The van der Waals surface area contributed by atoms with Crippen LogP contribution in [0.25, 0.3) is 11.3 Å². The number of benzene rings is 3. The van der Waals surface area contributed by atoms with Crippen LogP contribution in [0.5, 0.6) is 0 Å². The third-order valence-corrected chi connectivity index (χ3v) is 6.68. The fraction of sp³-hybridized carbons (Fsp3) is 0.241. The van der Waals surface area contributed by atoms with Crippen molar-refractivity contribution < 1.29 is 19.4 Å². The highest BCUT2D eigenvalue weighted by Gasteiger charge is 2.29. The van der Waals surface area contributed by atoms with Gasteiger partial charge in [-0.2, -0.15) is 0 Å². The summed E-state index contributed by atoms with van der Waals surface area (Å²) in [5.41, 5.74) is 5.84. The normalized spacial score (nSPS) is 17.3. The Labute approximate surface area is 210 Å². The summed E-state index contributed by atoms with van der Waals surface area (Å²) < 4.78 is 4.82. The lowest BCUT2D eigenvalue weighted by Gasteiger charge is -2.29. The molecule has 1 amide bonds. The summed E-state index contributed by atoms with van der Waals surface area (Å²) in [5, 5.41) is 16.1. The molecule has 7 nitrogen and oxygen atoms in total. The quantitative estimate of drug-likeness (QED) is 0.357. The van der Waals surface area contributed by atoms with Gasteiger partial charge in [-0.05, 0) is 48.2 Å². The molecule has 0 bridgehead atoms. The van der Waals surface area contributed by atoms with Crippen LogP contribution in [0.4, 0.5) is 11.4 Å². The number of likely N-dealkylation sites (tertiary alicyclic amines) is 1. The van der Waals surface area contributed by atoms with Crippen molar-refractivity contribution in [3.05, 3.63) is 95.1 Å². The number of hydrogen-bond donors (Lipinski definition) is 3. The Morgan fingerprint density at radius 2 is 1.75 bits per heavy atom. The van der Waals surface area contributed by atoms with Gasteiger partial charge in [0.05, 0.1) is 35.7 Å². The molecule has 5 rings (SSSR count). The molecule has 0 spiro atoms. The summed E-state index contributed by atoms with van der Waals surface area (Å²) in [6, 6.07) is 23.0.